The molecule has 1 aromatic carbocycles. The van der Waals surface area contributed by atoms with E-state index < -0.39 is 0 Å². The van der Waals surface area contributed by atoms with Crippen LogP contribution in [0.5, 0.6) is 0 Å². The van der Waals surface area contributed by atoms with Crippen LogP contribution in [0, 0.1) is 0 Å². The Kier molecular flexibility index (Phi) is 5.29. The van der Waals surface area contributed by atoms with Crippen molar-refractivity contribution in [2.75, 3.05) is 19.6 Å². The molecule has 0 radical (unpaired) electrons. The predicted molar refractivity (Wildman–Crippen MR) is 93.7 cm³/mol. The van der Waals surface area contributed by atoms with Crippen LogP contribution in [0.1, 0.15) is 30.4 Å². The summed E-state index contributed by atoms with van der Waals surface area (Å²) >= 11 is 0. The molecular formula is C18H25N5. The number of hydrogen-bond acceptors (Lipinski definition) is 2. The molecule has 1 aromatic heterocycles. The average Bonchev–Trinajstić information content (AvgIpc) is 3.05. The molecule has 1 aliphatic rings. The molecule has 0 aliphatic heterocycles. The largest absolute Gasteiger partial charge is 0.357 e. The minimum absolute atomic E-state index is 0.575. The highest BCUT2D eigenvalue weighted by Crippen LogP contribution is 2.34. The van der Waals surface area contributed by atoms with Crippen molar-refractivity contribution >= 4 is 5.96 Å². The summed E-state index contributed by atoms with van der Waals surface area (Å²) in [5.74, 6) is 1.49. The van der Waals surface area contributed by atoms with Crippen molar-refractivity contribution in [2.24, 2.45) is 4.99 Å². The van der Waals surface area contributed by atoms with Gasteiger partial charge in [0.25, 0.3) is 0 Å². The lowest BCUT2D eigenvalue weighted by Crippen LogP contribution is -2.38. The summed E-state index contributed by atoms with van der Waals surface area (Å²) in [4.78, 5) is 4.74. The summed E-state index contributed by atoms with van der Waals surface area (Å²) in [6.45, 7) is 5.65. The third-order valence-electron chi connectivity index (χ3n) is 4.19. The molecule has 1 heterocycles. The number of nitrogens with zero attached hydrogens (tertiary/aromatic N) is 3. The number of benzene rings is 1. The van der Waals surface area contributed by atoms with Gasteiger partial charge in [-0.1, -0.05) is 24.3 Å². The summed E-state index contributed by atoms with van der Waals surface area (Å²) < 4.78 is 1.96. The van der Waals surface area contributed by atoms with Crippen LogP contribution >= 0.6 is 0 Å². The van der Waals surface area contributed by atoms with Crippen LogP contribution in [0.25, 0.3) is 0 Å². The van der Waals surface area contributed by atoms with Crippen LogP contribution in [0.2, 0.25) is 0 Å². The maximum absolute atomic E-state index is 4.74. The van der Waals surface area contributed by atoms with Crippen molar-refractivity contribution in [1.29, 1.82) is 0 Å². The van der Waals surface area contributed by atoms with Crippen LogP contribution in [0.15, 0.2) is 47.7 Å². The van der Waals surface area contributed by atoms with Gasteiger partial charge in [-0.2, -0.15) is 5.10 Å². The molecule has 0 amide bonds. The maximum Gasteiger partial charge on any atom is 0.191 e. The lowest BCUT2D eigenvalue weighted by molar-refractivity contribution is 0.568. The van der Waals surface area contributed by atoms with Crippen LogP contribution in [0.4, 0.5) is 0 Å². The lowest BCUT2D eigenvalue weighted by Gasteiger charge is -2.28. The number of guanidine groups is 1. The van der Waals surface area contributed by atoms with Crippen molar-refractivity contribution in [3.63, 3.8) is 0 Å². The summed E-state index contributed by atoms with van der Waals surface area (Å²) in [5.41, 5.74) is 2.94. The van der Waals surface area contributed by atoms with E-state index in [1.807, 2.05) is 23.1 Å². The second kappa shape index (κ2) is 7.81. The molecule has 0 spiro atoms. The zero-order valence-corrected chi connectivity index (χ0v) is 13.7. The first kappa shape index (κ1) is 15.6. The van der Waals surface area contributed by atoms with Crippen molar-refractivity contribution in [1.82, 2.24) is 20.4 Å². The van der Waals surface area contributed by atoms with Gasteiger partial charge < -0.3 is 10.6 Å². The topological polar surface area (TPSA) is 54.2 Å². The highest BCUT2D eigenvalue weighted by atomic mass is 15.3. The Morgan fingerprint density at radius 2 is 2.22 bits per heavy atom. The Balaban J connectivity index is 1.44. The Morgan fingerprint density at radius 3 is 3.00 bits per heavy atom. The van der Waals surface area contributed by atoms with Gasteiger partial charge in [-0.3, -0.25) is 9.67 Å². The molecule has 0 saturated carbocycles. The summed E-state index contributed by atoms with van der Waals surface area (Å²) in [5, 5.41) is 10.9. The average molecular weight is 311 g/mol. The molecule has 5 nitrogen and oxygen atoms in total. The molecule has 5 heteroatoms. The van der Waals surface area contributed by atoms with Crippen molar-refractivity contribution < 1.29 is 0 Å². The first-order valence-electron chi connectivity index (χ1n) is 8.44. The fourth-order valence-corrected chi connectivity index (χ4v) is 2.95. The van der Waals surface area contributed by atoms with Gasteiger partial charge in [0.05, 0.1) is 0 Å². The Hall–Kier alpha value is -2.30. The highest BCUT2D eigenvalue weighted by Gasteiger charge is 2.24. The molecule has 2 aromatic rings. The third-order valence-corrected chi connectivity index (χ3v) is 4.19. The molecule has 1 atom stereocenters. The van der Waals surface area contributed by atoms with E-state index in [0.29, 0.717) is 5.92 Å². The first-order chi connectivity index (χ1) is 11.4. The lowest BCUT2D eigenvalue weighted by atomic mass is 9.78. The minimum Gasteiger partial charge on any atom is -0.357 e. The van der Waals surface area contributed by atoms with Gasteiger partial charge in [-0.05, 0) is 37.0 Å². The SMILES string of the molecule is CCNC(=NCC1Cc2ccccc21)NCCCn1cccn1. The number of aliphatic imine (C=N–C) groups is 1. The van der Waals surface area contributed by atoms with E-state index in [2.05, 4.69) is 46.9 Å². The van der Waals surface area contributed by atoms with Crippen LogP contribution < -0.4 is 10.6 Å². The monoisotopic (exact) mass is 311 g/mol. The summed E-state index contributed by atoms with van der Waals surface area (Å²) in [6, 6.07) is 10.6. The fourth-order valence-electron chi connectivity index (χ4n) is 2.95. The van der Waals surface area contributed by atoms with Gasteiger partial charge in [0, 0.05) is 44.5 Å². The second-order valence-corrected chi connectivity index (χ2v) is 5.87. The normalized spacial score (nSPS) is 16.6. The molecule has 0 saturated heterocycles. The van der Waals surface area contributed by atoms with E-state index >= 15 is 0 Å². The van der Waals surface area contributed by atoms with Gasteiger partial charge in [0.15, 0.2) is 5.96 Å². The summed E-state index contributed by atoms with van der Waals surface area (Å²) in [6.07, 6.45) is 5.99. The Bertz CT molecular complexity index is 633. The molecule has 3 rings (SSSR count). The van der Waals surface area contributed by atoms with Crippen molar-refractivity contribution in [3.8, 4) is 0 Å². The molecule has 0 bridgehead atoms. The predicted octanol–water partition coefficient (Wildman–Crippen LogP) is 2.17. The second-order valence-electron chi connectivity index (χ2n) is 5.87. The quantitative estimate of drug-likeness (QED) is 0.468. The molecule has 1 unspecified atom stereocenters. The number of aryl methyl sites for hydroxylation is 1. The minimum atomic E-state index is 0.575. The number of fused-ring (bicyclic) bond motifs is 1. The third kappa shape index (κ3) is 4.12. The molecule has 2 N–H and O–H groups in total. The van der Waals surface area contributed by atoms with Crippen molar-refractivity contribution in [2.45, 2.75) is 32.2 Å². The molecule has 23 heavy (non-hydrogen) atoms. The van der Waals surface area contributed by atoms with E-state index in [1.54, 1.807) is 0 Å². The van der Waals surface area contributed by atoms with E-state index in [1.165, 1.54) is 11.1 Å². The van der Waals surface area contributed by atoms with Gasteiger partial charge in [0.1, 0.15) is 0 Å². The zero-order valence-electron chi connectivity index (χ0n) is 13.7. The van der Waals surface area contributed by atoms with Crippen LogP contribution in [-0.4, -0.2) is 35.4 Å². The highest BCUT2D eigenvalue weighted by molar-refractivity contribution is 5.79. The van der Waals surface area contributed by atoms with E-state index in [4.69, 9.17) is 4.99 Å². The molecular weight excluding hydrogens is 286 g/mol. The fraction of sp³-hybridized carbons (Fsp3) is 0.444. The van der Waals surface area contributed by atoms with E-state index in [9.17, 15) is 0 Å². The van der Waals surface area contributed by atoms with Crippen molar-refractivity contribution in [3.05, 3.63) is 53.9 Å². The number of rotatable bonds is 7. The van der Waals surface area contributed by atoms with Gasteiger partial charge in [-0.15, -0.1) is 0 Å². The summed E-state index contributed by atoms with van der Waals surface area (Å²) in [7, 11) is 0. The number of hydrogen-bond donors (Lipinski definition) is 2. The van der Waals surface area contributed by atoms with Crippen LogP contribution in [-0.2, 0) is 13.0 Å². The standard InChI is InChI=1S/C18H25N5/c1-2-19-18(20-9-5-11-23-12-6-10-22-23)21-14-16-13-15-7-3-4-8-17(15)16/h3-4,6-8,10,12,16H,2,5,9,11,13-14H2,1H3,(H2,19,20,21). The van der Waals surface area contributed by atoms with Gasteiger partial charge in [0.2, 0.25) is 0 Å². The Labute approximate surface area is 137 Å². The zero-order chi connectivity index (χ0) is 15.9. The van der Waals surface area contributed by atoms with Gasteiger partial charge in [-0.25, -0.2) is 0 Å². The smallest absolute Gasteiger partial charge is 0.191 e. The van der Waals surface area contributed by atoms with E-state index in [-0.39, 0.29) is 0 Å². The first-order valence-corrected chi connectivity index (χ1v) is 8.44. The van der Waals surface area contributed by atoms with E-state index in [0.717, 1.165) is 45.0 Å². The molecule has 1 aliphatic carbocycles. The number of nitrogens with one attached hydrogen (secondary N) is 2. The van der Waals surface area contributed by atoms with Crippen LogP contribution in [0.3, 0.4) is 0 Å². The maximum atomic E-state index is 4.74. The Morgan fingerprint density at radius 1 is 1.30 bits per heavy atom. The molecule has 0 fully saturated rings. The van der Waals surface area contributed by atoms with Gasteiger partial charge >= 0.3 is 0 Å². The molecule has 122 valence electrons. The number of aromatic nitrogens is 2.